The van der Waals surface area contributed by atoms with Crippen LogP contribution in [-0.4, -0.2) is 11.8 Å². The number of carbonyl (C=O) groups excluding carboxylic acids is 1. The molecule has 0 radical (unpaired) electrons. The summed E-state index contributed by atoms with van der Waals surface area (Å²) < 4.78 is 0. The minimum Gasteiger partial charge on any atom is -0.412 e. The third kappa shape index (κ3) is 30.0. The smallest absolute Gasteiger partial charge is 0.116 e. The molecule has 2 aromatic carbocycles. The van der Waals surface area contributed by atoms with Crippen molar-refractivity contribution in [2.75, 3.05) is 0 Å². The molecule has 0 saturated carbocycles. The highest BCUT2D eigenvalue weighted by Crippen LogP contribution is 1.97. The Morgan fingerprint density at radius 3 is 0.923 bits per heavy atom. The normalized spacial score (nSPS) is 7.50. The number of aryl methyl sites for hydroxylation is 2. The molecule has 2 heteroatoms. The minimum absolute atomic E-state index is 0. The van der Waals surface area contributed by atoms with Gasteiger partial charge in [0.05, 0.1) is 0 Å². The molecule has 2 nitrogen and oxygen atoms in total. The van der Waals surface area contributed by atoms with Gasteiger partial charge in [-0.1, -0.05) is 115 Å². The van der Waals surface area contributed by atoms with Crippen LogP contribution in [-0.2, 0) is 17.6 Å². The van der Waals surface area contributed by atoms with Crippen LogP contribution in [0.2, 0.25) is 0 Å². The van der Waals surface area contributed by atoms with Crippen LogP contribution in [0.5, 0.6) is 0 Å². The van der Waals surface area contributed by atoms with Crippen LogP contribution in [0, 0.1) is 0 Å². The van der Waals surface area contributed by atoms with Gasteiger partial charge in [-0.3, -0.25) is 0 Å². The first-order valence-corrected chi connectivity index (χ1v) is 9.58. The molecule has 2 rings (SSSR count). The topological polar surface area (TPSA) is 48.6 Å². The summed E-state index contributed by atoms with van der Waals surface area (Å²) in [5.41, 5.74) is 2.82. The summed E-state index contributed by atoms with van der Waals surface area (Å²) in [6.45, 7) is 14.3. The maximum atomic E-state index is 8.81. The van der Waals surface area contributed by atoms with E-state index in [4.69, 9.17) is 4.79 Å². The van der Waals surface area contributed by atoms with Gasteiger partial charge >= 0.3 is 0 Å². The largest absolute Gasteiger partial charge is 0.412 e. The van der Waals surface area contributed by atoms with Crippen LogP contribution in [0.25, 0.3) is 0 Å². The van der Waals surface area contributed by atoms with Gasteiger partial charge in [-0.25, -0.2) is 0 Å². The predicted molar refractivity (Wildman–Crippen MR) is 119 cm³/mol. The van der Waals surface area contributed by atoms with E-state index in [0.29, 0.717) is 0 Å². The molecule has 150 valence electrons. The van der Waals surface area contributed by atoms with Crippen molar-refractivity contribution in [3.05, 3.63) is 71.8 Å². The standard InChI is InChI=1S/2C8H10.2C3H8.C2H4O.H2O/c2*1-2-8-6-4-3-5-7-8;2*1-3-2;1-2-3;/h2*3-7H,2H2,1H3;2*3H2,1-2H3;2H,1H3;1H2. The first-order valence-electron chi connectivity index (χ1n) is 9.58. The van der Waals surface area contributed by atoms with E-state index in [0.717, 1.165) is 19.1 Å². The third-order valence-corrected chi connectivity index (χ3v) is 2.50. The zero-order chi connectivity index (χ0) is 19.8. The van der Waals surface area contributed by atoms with Gasteiger partial charge in [0.15, 0.2) is 0 Å². The Hall–Kier alpha value is -1.93. The Balaban J connectivity index is -0.000000126. The summed E-state index contributed by atoms with van der Waals surface area (Å²) >= 11 is 0. The van der Waals surface area contributed by atoms with Crippen LogP contribution in [0.4, 0.5) is 0 Å². The monoisotopic (exact) mass is 362 g/mol. The molecular weight excluding hydrogens is 320 g/mol. The van der Waals surface area contributed by atoms with E-state index in [9.17, 15) is 0 Å². The Morgan fingerprint density at radius 2 is 0.808 bits per heavy atom. The molecule has 2 aromatic rings. The highest BCUT2D eigenvalue weighted by Gasteiger charge is 1.80. The summed E-state index contributed by atoms with van der Waals surface area (Å²) in [5.74, 6) is 0. The summed E-state index contributed by atoms with van der Waals surface area (Å²) in [4.78, 5) is 8.81. The van der Waals surface area contributed by atoms with Gasteiger partial charge in [0.1, 0.15) is 6.29 Å². The lowest BCUT2D eigenvalue weighted by molar-refractivity contribution is -0.106. The molecule has 26 heavy (non-hydrogen) atoms. The quantitative estimate of drug-likeness (QED) is 0.547. The minimum atomic E-state index is 0. The number of hydrogen-bond acceptors (Lipinski definition) is 1. The van der Waals surface area contributed by atoms with Crippen molar-refractivity contribution in [2.24, 2.45) is 0 Å². The van der Waals surface area contributed by atoms with Crippen molar-refractivity contribution >= 4 is 6.29 Å². The van der Waals surface area contributed by atoms with Crippen LogP contribution < -0.4 is 0 Å². The van der Waals surface area contributed by atoms with Gasteiger partial charge < -0.3 is 10.3 Å². The number of rotatable bonds is 2. The van der Waals surface area contributed by atoms with Crippen molar-refractivity contribution in [1.29, 1.82) is 0 Å². The zero-order valence-electron chi connectivity index (χ0n) is 18.1. The second-order valence-electron chi connectivity index (χ2n) is 5.33. The van der Waals surface area contributed by atoms with Gasteiger partial charge in [0.25, 0.3) is 0 Å². The van der Waals surface area contributed by atoms with Gasteiger partial charge in [-0.15, -0.1) is 0 Å². The Kier molecular flexibility index (Phi) is 37.8. The van der Waals surface area contributed by atoms with Crippen LogP contribution >= 0.6 is 0 Å². The molecule has 0 amide bonds. The molecule has 0 aliphatic rings. The number of aldehydes is 1. The summed E-state index contributed by atoms with van der Waals surface area (Å²) in [7, 11) is 0. The molecule has 0 fully saturated rings. The van der Waals surface area contributed by atoms with E-state index in [2.05, 4.69) is 90.1 Å². The van der Waals surface area contributed by atoms with E-state index in [1.54, 1.807) is 0 Å². The SMILES string of the molecule is CC=O.CCC.CCC.CCc1ccccc1.CCc1ccccc1.O. The Bertz CT molecular complexity index is 397. The first kappa shape index (κ1) is 31.8. The van der Waals surface area contributed by atoms with Gasteiger partial charge in [0.2, 0.25) is 0 Å². The number of hydrogen-bond donors (Lipinski definition) is 0. The highest BCUT2D eigenvalue weighted by molar-refractivity contribution is 5.44. The van der Waals surface area contributed by atoms with Gasteiger partial charge in [-0.05, 0) is 30.9 Å². The second kappa shape index (κ2) is 30.9. The Labute approximate surface area is 163 Å². The molecule has 0 saturated heterocycles. The average Bonchev–Trinajstić information content (AvgIpc) is 2.65. The van der Waals surface area contributed by atoms with Gasteiger partial charge in [0, 0.05) is 0 Å². The van der Waals surface area contributed by atoms with Crippen LogP contribution in [0.15, 0.2) is 60.7 Å². The van der Waals surface area contributed by atoms with Crippen molar-refractivity contribution in [2.45, 2.75) is 74.1 Å². The van der Waals surface area contributed by atoms with E-state index >= 15 is 0 Å². The molecular formula is C24H42O2. The molecule has 0 aliphatic heterocycles. The van der Waals surface area contributed by atoms with Crippen molar-refractivity contribution in [1.82, 2.24) is 0 Å². The third-order valence-electron chi connectivity index (χ3n) is 2.50. The average molecular weight is 363 g/mol. The first-order chi connectivity index (χ1) is 12.1. The highest BCUT2D eigenvalue weighted by atomic mass is 16.1. The molecule has 0 atom stereocenters. The van der Waals surface area contributed by atoms with Crippen molar-refractivity contribution < 1.29 is 10.3 Å². The molecule has 2 N–H and O–H groups in total. The summed E-state index contributed by atoms with van der Waals surface area (Å²) in [6, 6.07) is 20.9. The predicted octanol–water partition coefficient (Wildman–Crippen LogP) is 6.71. The van der Waals surface area contributed by atoms with E-state index in [1.165, 1.54) is 30.9 Å². The van der Waals surface area contributed by atoms with Crippen molar-refractivity contribution in [3.8, 4) is 0 Å². The molecule has 0 spiro atoms. The fourth-order valence-electron chi connectivity index (χ4n) is 1.43. The molecule has 0 bridgehead atoms. The van der Waals surface area contributed by atoms with E-state index in [-0.39, 0.29) is 5.48 Å². The Morgan fingerprint density at radius 1 is 0.615 bits per heavy atom. The summed E-state index contributed by atoms with van der Waals surface area (Å²) in [6.07, 6.45) is 5.53. The second-order valence-corrected chi connectivity index (χ2v) is 5.33. The van der Waals surface area contributed by atoms with Crippen LogP contribution in [0.3, 0.4) is 0 Å². The maximum Gasteiger partial charge on any atom is 0.116 e. The van der Waals surface area contributed by atoms with Crippen LogP contribution in [0.1, 0.15) is 72.4 Å². The van der Waals surface area contributed by atoms with Crippen molar-refractivity contribution in [3.63, 3.8) is 0 Å². The molecule has 0 unspecified atom stereocenters. The zero-order valence-corrected chi connectivity index (χ0v) is 18.1. The van der Waals surface area contributed by atoms with E-state index in [1.807, 2.05) is 12.1 Å². The fraction of sp³-hybridized carbons (Fsp3) is 0.458. The number of benzene rings is 2. The lowest BCUT2D eigenvalue weighted by Crippen LogP contribution is -1.73. The lowest BCUT2D eigenvalue weighted by atomic mass is 10.2. The summed E-state index contributed by atoms with van der Waals surface area (Å²) in [5, 5.41) is 0. The molecule has 0 heterocycles. The van der Waals surface area contributed by atoms with Gasteiger partial charge in [-0.2, -0.15) is 0 Å². The van der Waals surface area contributed by atoms with E-state index < -0.39 is 0 Å². The fourth-order valence-corrected chi connectivity index (χ4v) is 1.43. The molecule has 0 aromatic heterocycles. The molecule has 0 aliphatic carbocycles. The number of carbonyl (C=O) groups is 1. The maximum absolute atomic E-state index is 8.81. The lowest BCUT2D eigenvalue weighted by Gasteiger charge is -1.89.